The van der Waals surface area contributed by atoms with Crippen LogP contribution in [0.15, 0.2) is 72.9 Å². The van der Waals surface area contributed by atoms with Crippen LogP contribution >= 0.6 is 0 Å². The predicted octanol–water partition coefficient (Wildman–Crippen LogP) is 7.80. The van der Waals surface area contributed by atoms with Gasteiger partial charge in [-0.2, -0.15) is 0 Å². The number of carboxylic acid groups (broad SMARTS) is 2. The van der Waals surface area contributed by atoms with Crippen LogP contribution in [0.3, 0.4) is 0 Å². The second kappa shape index (κ2) is 14.4. The summed E-state index contributed by atoms with van der Waals surface area (Å²) in [7, 11) is 0. The van der Waals surface area contributed by atoms with Crippen molar-refractivity contribution in [3.8, 4) is 11.5 Å². The van der Waals surface area contributed by atoms with Crippen LogP contribution in [-0.2, 0) is 16.0 Å². The molecule has 7 heteroatoms. The molecule has 0 saturated carbocycles. The highest BCUT2D eigenvalue weighted by Crippen LogP contribution is 2.30. The number of fused-ring (bicyclic) bond motifs is 1. The molecule has 0 aliphatic rings. The summed E-state index contributed by atoms with van der Waals surface area (Å²) >= 11 is 0. The zero-order valence-corrected chi connectivity index (χ0v) is 25.2. The van der Waals surface area contributed by atoms with Crippen LogP contribution in [0.4, 0.5) is 0 Å². The zero-order valence-electron chi connectivity index (χ0n) is 25.2. The number of aliphatic carboxylic acids is 2. The molecule has 1 atom stereocenters. The molecule has 1 unspecified atom stereocenters. The monoisotopic (exact) mass is 581 g/mol. The van der Waals surface area contributed by atoms with Gasteiger partial charge < -0.3 is 24.3 Å². The van der Waals surface area contributed by atoms with Crippen LogP contribution in [0.1, 0.15) is 59.2 Å². The number of aromatic nitrogens is 1. The quantitative estimate of drug-likeness (QED) is 0.116. The lowest BCUT2D eigenvalue weighted by Crippen LogP contribution is -2.14. The number of carbonyl (C=O) groups is 2. The fourth-order valence-electron chi connectivity index (χ4n) is 5.27. The molecule has 0 amide bonds. The Labute approximate surface area is 252 Å². The number of rotatable bonds is 14. The van der Waals surface area contributed by atoms with Gasteiger partial charge in [-0.3, -0.25) is 4.79 Å². The van der Waals surface area contributed by atoms with E-state index in [-0.39, 0.29) is 6.42 Å². The van der Waals surface area contributed by atoms with Crippen LogP contribution in [-0.4, -0.2) is 39.9 Å². The standard InChI is InChI=1S/C36H39NO6/c1-24-21-25(2)35(26(3)22-24)43-20-6-5-19-42-31-17-14-28(15-18-31)13-16-29-9-7-11-32-30(10-8-12-33(38)39)23-37(34(29)32)27(4)36(40)41/h5-7,9,11,13-18,21-23,27H,8,10,12,19-20H2,1-4H3,(H,38,39)(H,40,41). The lowest BCUT2D eigenvalue weighted by molar-refractivity contribution is -0.140. The summed E-state index contributed by atoms with van der Waals surface area (Å²) in [6.45, 7) is 8.75. The number of nitrogens with zero attached hydrogens (tertiary/aromatic N) is 1. The minimum absolute atomic E-state index is 0.0681. The fraction of sp³-hybridized carbons (Fsp3) is 0.278. The molecule has 43 heavy (non-hydrogen) atoms. The highest BCUT2D eigenvalue weighted by atomic mass is 16.5. The summed E-state index contributed by atoms with van der Waals surface area (Å²) in [6, 6.07) is 17.1. The van der Waals surface area contributed by atoms with E-state index in [0.717, 1.165) is 50.2 Å². The third-order valence-electron chi connectivity index (χ3n) is 7.35. The predicted molar refractivity (Wildman–Crippen MR) is 171 cm³/mol. The molecule has 0 saturated heterocycles. The number of benzene rings is 3. The van der Waals surface area contributed by atoms with Crippen LogP contribution in [0.2, 0.25) is 0 Å². The normalized spacial score (nSPS) is 12.3. The molecule has 0 aliphatic heterocycles. The van der Waals surface area contributed by atoms with Crippen LogP contribution in [0.5, 0.6) is 11.5 Å². The van der Waals surface area contributed by atoms with Gasteiger partial charge in [0.2, 0.25) is 0 Å². The van der Waals surface area contributed by atoms with Crippen LogP contribution in [0.25, 0.3) is 23.1 Å². The van der Waals surface area contributed by atoms with Crippen molar-refractivity contribution in [2.24, 2.45) is 0 Å². The smallest absolute Gasteiger partial charge is 0.326 e. The lowest BCUT2D eigenvalue weighted by Gasteiger charge is -2.12. The molecule has 7 nitrogen and oxygen atoms in total. The van der Waals surface area contributed by atoms with Crippen molar-refractivity contribution < 1.29 is 29.3 Å². The van der Waals surface area contributed by atoms with E-state index in [9.17, 15) is 14.7 Å². The van der Waals surface area contributed by atoms with E-state index < -0.39 is 18.0 Å². The van der Waals surface area contributed by atoms with E-state index in [1.165, 1.54) is 5.56 Å². The summed E-state index contributed by atoms with van der Waals surface area (Å²) < 4.78 is 13.6. The first-order valence-electron chi connectivity index (χ1n) is 14.5. The van der Waals surface area contributed by atoms with Crippen molar-refractivity contribution in [1.29, 1.82) is 0 Å². The first-order chi connectivity index (χ1) is 20.6. The molecular weight excluding hydrogens is 542 g/mol. The van der Waals surface area contributed by atoms with E-state index in [1.807, 2.05) is 73.0 Å². The number of ether oxygens (including phenoxy) is 2. The number of aryl methyl sites for hydroxylation is 4. The van der Waals surface area contributed by atoms with Crippen molar-refractivity contribution in [1.82, 2.24) is 4.57 Å². The highest BCUT2D eigenvalue weighted by Gasteiger charge is 2.19. The first kappa shape index (κ1) is 31.2. The van der Waals surface area contributed by atoms with Gasteiger partial charge in [0.25, 0.3) is 0 Å². The fourth-order valence-corrected chi connectivity index (χ4v) is 5.27. The van der Waals surface area contributed by atoms with Crippen molar-refractivity contribution in [2.75, 3.05) is 13.2 Å². The Kier molecular flexibility index (Phi) is 10.4. The van der Waals surface area contributed by atoms with Gasteiger partial charge in [0, 0.05) is 18.0 Å². The Morgan fingerprint density at radius 1 is 0.907 bits per heavy atom. The maximum Gasteiger partial charge on any atom is 0.326 e. The topological polar surface area (TPSA) is 98.0 Å². The molecule has 4 aromatic rings. The van der Waals surface area contributed by atoms with Crippen molar-refractivity contribution >= 4 is 35.0 Å². The number of hydrogen-bond acceptors (Lipinski definition) is 4. The van der Waals surface area contributed by atoms with E-state index in [1.54, 1.807) is 11.5 Å². The third-order valence-corrected chi connectivity index (χ3v) is 7.35. The van der Waals surface area contributed by atoms with Crippen LogP contribution < -0.4 is 9.47 Å². The number of carboxylic acids is 2. The molecule has 4 rings (SSSR count). The molecule has 0 radical (unpaired) electrons. The van der Waals surface area contributed by atoms with Gasteiger partial charge in [0.15, 0.2) is 0 Å². The van der Waals surface area contributed by atoms with Crippen molar-refractivity contribution in [2.45, 2.75) is 53.0 Å². The van der Waals surface area contributed by atoms with E-state index in [0.29, 0.717) is 26.1 Å². The van der Waals surface area contributed by atoms with E-state index in [2.05, 4.69) is 32.9 Å². The molecule has 0 fully saturated rings. The van der Waals surface area contributed by atoms with Gasteiger partial charge in [-0.15, -0.1) is 0 Å². The highest BCUT2D eigenvalue weighted by molar-refractivity contribution is 5.94. The van der Waals surface area contributed by atoms with Gasteiger partial charge in [0.1, 0.15) is 30.8 Å². The molecule has 0 spiro atoms. The van der Waals surface area contributed by atoms with E-state index in [4.69, 9.17) is 14.6 Å². The van der Waals surface area contributed by atoms with Gasteiger partial charge in [-0.1, -0.05) is 60.2 Å². The summed E-state index contributed by atoms with van der Waals surface area (Å²) in [4.78, 5) is 22.9. The number of hydrogen-bond donors (Lipinski definition) is 2. The maximum absolute atomic E-state index is 11.9. The first-order valence-corrected chi connectivity index (χ1v) is 14.5. The molecule has 1 aromatic heterocycles. The maximum atomic E-state index is 11.9. The summed E-state index contributed by atoms with van der Waals surface area (Å²) in [6.07, 6.45) is 10.8. The Bertz CT molecular complexity index is 1620. The third kappa shape index (κ3) is 8.16. The SMILES string of the molecule is Cc1cc(C)c(OCC=CCOc2ccc(C=Cc3cccc4c(CCCC(=O)O)cn(C(C)C(=O)O)c34)cc2)c(C)c1. The van der Waals surface area contributed by atoms with Gasteiger partial charge >= 0.3 is 11.9 Å². The summed E-state index contributed by atoms with van der Waals surface area (Å²) in [5.74, 6) is -0.0861. The zero-order chi connectivity index (χ0) is 30.9. The van der Waals surface area contributed by atoms with Gasteiger partial charge in [-0.05, 0) is 92.6 Å². The summed E-state index contributed by atoms with van der Waals surface area (Å²) in [5.41, 5.74) is 7.13. The second-order valence-corrected chi connectivity index (χ2v) is 10.8. The Morgan fingerprint density at radius 2 is 1.58 bits per heavy atom. The van der Waals surface area contributed by atoms with Crippen molar-refractivity contribution in [3.05, 3.63) is 106 Å². The van der Waals surface area contributed by atoms with E-state index >= 15 is 0 Å². The molecule has 224 valence electrons. The molecular formula is C36H39NO6. The second-order valence-electron chi connectivity index (χ2n) is 10.8. The molecule has 3 aromatic carbocycles. The molecule has 0 aliphatic carbocycles. The van der Waals surface area contributed by atoms with Gasteiger partial charge in [-0.25, -0.2) is 4.79 Å². The minimum atomic E-state index is -0.929. The molecule has 0 bridgehead atoms. The Morgan fingerprint density at radius 3 is 2.23 bits per heavy atom. The Balaban J connectivity index is 1.40. The van der Waals surface area contributed by atoms with Gasteiger partial charge in [0.05, 0.1) is 5.52 Å². The average Bonchev–Trinajstić information content (AvgIpc) is 3.33. The Hall–Kier alpha value is -4.78. The molecule has 1 heterocycles. The lowest BCUT2D eigenvalue weighted by atomic mass is 10.0. The number of para-hydroxylation sites is 1. The molecule has 2 N–H and O–H groups in total. The van der Waals surface area contributed by atoms with Crippen LogP contribution in [0, 0.1) is 20.8 Å². The summed E-state index contributed by atoms with van der Waals surface area (Å²) in [5, 5.41) is 19.7. The largest absolute Gasteiger partial charge is 0.490 e. The average molecular weight is 582 g/mol. The minimum Gasteiger partial charge on any atom is -0.490 e. The van der Waals surface area contributed by atoms with Crippen molar-refractivity contribution in [3.63, 3.8) is 0 Å².